The number of hydrogen-bond acceptors (Lipinski definition) is 2. The van der Waals surface area contributed by atoms with E-state index in [4.69, 9.17) is 0 Å². The van der Waals surface area contributed by atoms with Gasteiger partial charge in [-0.05, 0) is 52.7 Å². The fourth-order valence-electron chi connectivity index (χ4n) is 1.96. The summed E-state index contributed by atoms with van der Waals surface area (Å²) in [4.78, 5) is 4.27. The molecule has 1 heterocycles. The van der Waals surface area contributed by atoms with Gasteiger partial charge < -0.3 is 5.32 Å². The van der Waals surface area contributed by atoms with Crippen LogP contribution in [0.2, 0.25) is 0 Å². The molecule has 0 unspecified atom stereocenters. The van der Waals surface area contributed by atoms with Gasteiger partial charge in [0.15, 0.2) is 0 Å². The average molecular weight is 255 g/mol. The maximum Gasteiger partial charge on any atom is 0.125 e. The summed E-state index contributed by atoms with van der Waals surface area (Å²) in [6, 6.07) is 4.02. The smallest absolute Gasteiger partial charge is 0.125 e. The minimum atomic E-state index is 0.857. The Hall–Kier alpha value is -0.570. The molecule has 1 aliphatic carbocycles. The first-order chi connectivity index (χ1) is 6.74. The Morgan fingerprint density at radius 3 is 2.86 bits per heavy atom. The summed E-state index contributed by atoms with van der Waals surface area (Å²) in [6.45, 7) is 3.38. The lowest BCUT2D eigenvalue weighted by Crippen LogP contribution is -2.27. The van der Waals surface area contributed by atoms with Crippen LogP contribution >= 0.6 is 15.9 Å². The molecule has 0 aromatic carbocycles. The maximum atomic E-state index is 4.27. The van der Waals surface area contributed by atoms with Gasteiger partial charge in [0, 0.05) is 17.2 Å². The number of rotatable bonds is 3. The molecule has 0 aliphatic heterocycles. The molecule has 0 spiro atoms. The van der Waals surface area contributed by atoms with Gasteiger partial charge in [0.2, 0.25) is 0 Å². The van der Waals surface area contributed by atoms with Crippen molar-refractivity contribution in [1.82, 2.24) is 4.98 Å². The Morgan fingerprint density at radius 1 is 1.50 bits per heavy atom. The van der Waals surface area contributed by atoms with E-state index in [1.54, 1.807) is 0 Å². The summed E-state index contributed by atoms with van der Waals surface area (Å²) < 4.78 is 1.03. The van der Waals surface area contributed by atoms with Crippen molar-refractivity contribution in [2.24, 2.45) is 11.8 Å². The van der Waals surface area contributed by atoms with E-state index in [0.717, 1.165) is 28.7 Å². The van der Waals surface area contributed by atoms with Crippen molar-refractivity contribution >= 4 is 21.7 Å². The maximum absolute atomic E-state index is 4.27. The van der Waals surface area contributed by atoms with Crippen LogP contribution in [0.4, 0.5) is 5.82 Å². The van der Waals surface area contributed by atoms with Gasteiger partial charge in [0.1, 0.15) is 5.82 Å². The third-order valence-electron chi connectivity index (χ3n) is 2.77. The monoisotopic (exact) mass is 254 g/mol. The van der Waals surface area contributed by atoms with Crippen molar-refractivity contribution in [3.8, 4) is 0 Å². The van der Waals surface area contributed by atoms with Gasteiger partial charge in [-0.2, -0.15) is 0 Å². The fraction of sp³-hybridized carbons (Fsp3) is 0.545. The molecular formula is C11H15BrN2. The largest absolute Gasteiger partial charge is 0.370 e. The van der Waals surface area contributed by atoms with E-state index >= 15 is 0 Å². The molecule has 76 valence electrons. The Kier molecular flexibility index (Phi) is 3.06. The van der Waals surface area contributed by atoms with Crippen LogP contribution in [0.15, 0.2) is 22.8 Å². The van der Waals surface area contributed by atoms with E-state index in [1.807, 2.05) is 18.3 Å². The molecule has 0 atom stereocenters. The summed E-state index contributed by atoms with van der Waals surface area (Å²) >= 11 is 3.37. The lowest BCUT2D eigenvalue weighted by Gasteiger charge is -2.32. The standard InChI is InChI=1S/C11H15BrN2/c1-8-4-9(5-8)6-13-11-3-2-10(12)7-14-11/h2-3,7-9H,4-6H2,1H3,(H,13,14). The molecule has 3 heteroatoms. The molecule has 2 nitrogen and oxygen atoms in total. The minimum Gasteiger partial charge on any atom is -0.370 e. The topological polar surface area (TPSA) is 24.9 Å². The second-order valence-corrected chi connectivity index (χ2v) is 5.10. The van der Waals surface area contributed by atoms with Crippen molar-refractivity contribution in [1.29, 1.82) is 0 Å². The van der Waals surface area contributed by atoms with Crippen molar-refractivity contribution in [3.05, 3.63) is 22.8 Å². The van der Waals surface area contributed by atoms with Crippen molar-refractivity contribution in [2.45, 2.75) is 19.8 Å². The Labute approximate surface area is 93.3 Å². The van der Waals surface area contributed by atoms with Crippen LogP contribution in [0.3, 0.4) is 0 Å². The van der Waals surface area contributed by atoms with Crippen LogP contribution < -0.4 is 5.32 Å². The van der Waals surface area contributed by atoms with E-state index in [-0.39, 0.29) is 0 Å². The van der Waals surface area contributed by atoms with Gasteiger partial charge in [-0.1, -0.05) is 6.92 Å². The fourth-order valence-corrected chi connectivity index (χ4v) is 2.20. The lowest BCUT2D eigenvalue weighted by molar-refractivity contribution is 0.225. The number of hydrogen-bond donors (Lipinski definition) is 1. The first-order valence-corrected chi connectivity index (χ1v) is 5.89. The molecule has 1 aliphatic rings. The molecule has 0 saturated heterocycles. The summed E-state index contributed by atoms with van der Waals surface area (Å²) in [5.41, 5.74) is 0. The highest BCUT2D eigenvalue weighted by atomic mass is 79.9. The summed E-state index contributed by atoms with van der Waals surface area (Å²) in [6.07, 6.45) is 4.55. The predicted molar refractivity (Wildman–Crippen MR) is 62.3 cm³/mol. The molecule has 2 rings (SSSR count). The summed E-state index contributed by atoms with van der Waals surface area (Å²) in [7, 11) is 0. The highest BCUT2D eigenvalue weighted by Gasteiger charge is 2.24. The van der Waals surface area contributed by atoms with Crippen LogP contribution in [0.1, 0.15) is 19.8 Å². The second-order valence-electron chi connectivity index (χ2n) is 4.19. The van der Waals surface area contributed by atoms with Gasteiger partial charge in [-0.3, -0.25) is 0 Å². The molecule has 1 saturated carbocycles. The van der Waals surface area contributed by atoms with Gasteiger partial charge in [-0.25, -0.2) is 4.98 Å². The van der Waals surface area contributed by atoms with Crippen LogP contribution in [0.25, 0.3) is 0 Å². The van der Waals surface area contributed by atoms with E-state index in [1.165, 1.54) is 12.8 Å². The van der Waals surface area contributed by atoms with E-state index in [9.17, 15) is 0 Å². The number of anilines is 1. The third-order valence-corrected chi connectivity index (χ3v) is 3.24. The van der Waals surface area contributed by atoms with Crippen LogP contribution in [-0.2, 0) is 0 Å². The molecule has 1 aromatic rings. The summed E-state index contributed by atoms with van der Waals surface area (Å²) in [5, 5.41) is 3.36. The first-order valence-electron chi connectivity index (χ1n) is 5.09. The molecule has 0 radical (unpaired) electrons. The molecular weight excluding hydrogens is 240 g/mol. The van der Waals surface area contributed by atoms with E-state index in [2.05, 4.69) is 33.2 Å². The predicted octanol–water partition coefficient (Wildman–Crippen LogP) is 3.30. The first kappa shape index (κ1) is 9.97. The zero-order valence-electron chi connectivity index (χ0n) is 8.33. The van der Waals surface area contributed by atoms with Gasteiger partial charge >= 0.3 is 0 Å². The zero-order valence-corrected chi connectivity index (χ0v) is 9.92. The molecule has 14 heavy (non-hydrogen) atoms. The highest BCUT2D eigenvalue weighted by Crippen LogP contribution is 2.32. The van der Waals surface area contributed by atoms with E-state index in [0.29, 0.717) is 0 Å². The Balaban J connectivity index is 1.78. The van der Waals surface area contributed by atoms with Gasteiger partial charge in [-0.15, -0.1) is 0 Å². The van der Waals surface area contributed by atoms with Crippen LogP contribution in [0.5, 0.6) is 0 Å². The number of nitrogens with zero attached hydrogens (tertiary/aromatic N) is 1. The number of pyridine rings is 1. The summed E-state index contributed by atoms with van der Waals surface area (Å²) in [5.74, 6) is 2.77. The van der Waals surface area contributed by atoms with Crippen molar-refractivity contribution in [3.63, 3.8) is 0 Å². The third kappa shape index (κ3) is 2.47. The molecule has 0 bridgehead atoms. The lowest BCUT2D eigenvalue weighted by atomic mass is 9.76. The second kappa shape index (κ2) is 4.30. The SMILES string of the molecule is CC1CC(CNc2ccc(Br)cn2)C1. The van der Waals surface area contributed by atoms with Crippen LogP contribution in [0, 0.1) is 11.8 Å². The number of halogens is 1. The number of nitrogens with one attached hydrogen (secondary N) is 1. The van der Waals surface area contributed by atoms with E-state index < -0.39 is 0 Å². The quantitative estimate of drug-likeness (QED) is 0.896. The molecule has 0 amide bonds. The van der Waals surface area contributed by atoms with Gasteiger partial charge in [0.05, 0.1) is 0 Å². The normalized spacial score (nSPS) is 25.6. The molecule has 1 fully saturated rings. The molecule has 1 N–H and O–H groups in total. The number of aromatic nitrogens is 1. The van der Waals surface area contributed by atoms with Crippen molar-refractivity contribution < 1.29 is 0 Å². The zero-order chi connectivity index (χ0) is 9.97. The van der Waals surface area contributed by atoms with Crippen LogP contribution in [-0.4, -0.2) is 11.5 Å². The minimum absolute atomic E-state index is 0.857. The Morgan fingerprint density at radius 2 is 2.29 bits per heavy atom. The highest BCUT2D eigenvalue weighted by molar-refractivity contribution is 9.10. The Bertz CT molecular complexity index is 291. The van der Waals surface area contributed by atoms with Gasteiger partial charge in [0.25, 0.3) is 0 Å². The van der Waals surface area contributed by atoms with Crippen molar-refractivity contribution in [2.75, 3.05) is 11.9 Å². The molecule has 1 aromatic heterocycles. The average Bonchev–Trinajstić information content (AvgIpc) is 2.13.